The molecule has 0 radical (unpaired) electrons. The molecule has 3 aromatic rings. The Kier molecular flexibility index (Phi) is 8.64. The van der Waals surface area contributed by atoms with Gasteiger partial charge in [-0.05, 0) is 38.8 Å². The van der Waals surface area contributed by atoms with Crippen LogP contribution in [0, 0.1) is 0 Å². The molecule has 3 unspecified atom stereocenters. The number of rotatable bonds is 10. The molecule has 2 N–H and O–H groups in total. The lowest BCUT2D eigenvalue weighted by atomic mass is 9.98. The van der Waals surface area contributed by atoms with Gasteiger partial charge in [0, 0.05) is 6.04 Å². The Morgan fingerprint density at radius 1 is 1.32 bits per heavy atom. The molecule has 2 aliphatic rings. The first-order valence-corrected chi connectivity index (χ1v) is 14.4. The fourth-order valence-corrected chi connectivity index (χ4v) is 5.77. The summed E-state index contributed by atoms with van der Waals surface area (Å²) >= 11 is 0. The van der Waals surface area contributed by atoms with Crippen LogP contribution in [0.5, 0.6) is 11.5 Å². The largest absolute Gasteiger partial charge is 0.575 e. The lowest BCUT2D eigenvalue weighted by molar-refractivity contribution is -0.169. The highest BCUT2D eigenvalue weighted by atomic mass is 31.1. The Labute approximate surface area is 236 Å². The zero-order valence-electron chi connectivity index (χ0n) is 22.8. The summed E-state index contributed by atoms with van der Waals surface area (Å²) in [5.41, 5.74) is -1.36. The van der Waals surface area contributed by atoms with Crippen LogP contribution in [-0.4, -0.2) is 74.3 Å². The van der Waals surface area contributed by atoms with Gasteiger partial charge in [-0.3, -0.25) is 9.09 Å². The number of fused-ring (bicyclic) bond motifs is 1. The van der Waals surface area contributed by atoms with E-state index in [-0.39, 0.29) is 18.1 Å². The van der Waals surface area contributed by atoms with E-state index in [4.69, 9.17) is 14.0 Å². The monoisotopic (exact) mass is 590 g/mol. The van der Waals surface area contributed by atoms with Crippen LogP contribution in [0.1, 0.15) is 45.8 Å². The third-order valence-electron chi connectivity index (χ3n) is 7.26. The maximum Gasteiger partial charge on any atom is 0.395 e. The number of hydrogen-bond donors (Lipinski definition) is 2. The number of aliphatic hydroxyl groups excluding tert-OH is 1. The lowest BCUT2D eigenvalue weighted by Gasteiger charge is -2.24. The van der Waals surface area contributed by atoms with E-state index in [9.17, 15) is 14.8 Å². The zero-order chi connectivity index (χ0) is 29.1. The van der Waals surface area contributed by atoms with Gasteiger partial charge in [0.2, 0.25) is 5.75 Å². The summed E-state index contributed by atoms with van der Waals surface area (Å²) in [5.74, 6) is 0.166. The van der Waals surface area contributed by atoms with Gasteiger partial charge in [0.05, 0.1) is 13.4 Å². The number of esters is 1. The summed E-state index contributed by atoms with van der Waals surface area (Å²) in [6.45, 7) is 2.43. The number of imidazole rings is 1. The number of nitrogens with zero attached hydrogens (tertiary/aromatic N) is 5. The first kappa shape index (κ1) is 29.1. The molecular weight excluding hydrogens is 558 g/mol. The van der Waals surface area contributed by atoms with Gasteiger partial charge < -0.3 is 29.5 Å². The molecule has 1 aromatic carbocycles. The van der Waals surface area contributed by atoms with Crippen molar-refractivity contribution in [1.82, 2.24) is 19.5 Å². The second kappa shape index (κ2) is 12.2. The third kappa shape index (κ3) is 6.10. The first-order chi connectivity index (χ1) is 19.7. The molecule has 6 atom stereocenters. The van der Waals surface area contributed by atoms with Crippen molar-refractivity contribution in [3.8, 4) is 11.5 Å². The van der Waals surface area contributed by atoms with E-state index in [1.165, 1.54) is 44.2 Å². The summed E-state index contributed by atoms with van der Waals surface area (Å²) in [4.78, 5) is 37.0. The van der Waals surface area contributed by atoms with Crippen LogP contribution < -0.4 is 19.5 Å². The van der Waals surface area contributed by atoms with Crippen molar-refractivity contribution in [2.75, 3.05) is 19.0 Å². The van der Waals surface area contributed by atoms with Crippen molar-refractivity contribution >= 4 is 31.1 Å². The van der Waals surface area contributed by atoms with Gasteiger partial charge in [0.25, 0.3) is 0 Å². The minimum absolute atomic E-state index is 0.0843. The van der Waals surface area contributed by atoms with Crippen molar-refractivity contribution in [2.45, 2.75) is 75.7 Å². The number of aliphatic hydroxyl groups is 1. The predicted octanol–water partition coefficient (Wildman–Crippen LogP) is 3.04. The molecule has 1 saturated carbocycles. The van der Waals surface area contributed by atoms with Crippen LogP contribution in [0.15, 0.2) is 41.7 Å². The number of carbonyl (C=O) groups excluding carboxylic acids is 1. The second-order valence-electron chi connectivity index (χ2n) is 10.2. The first-order valence-electron chi connectivity index (χ1n) is 13.3. The quantitative estimate of drug-likeness (QED) is 0.263. The molecule has 13 nitrogen and oxygen atoms in total. The predicted molar refractivity (Wildman–Crippen MR) is 144 cm³/mol. The molecule has 1 aliphatic heterocycles. The topological polar surface area (TPSA) is 165 Å². The van der Waals surface area contributed by atoms with Crippen LogP contribution in [0.25, 0.3) is 11.2 Å². The Hall–Kier alpha value is -3.45. The number of anilines is 1. The Morgan fingerprint density at radius 2 is 2.05 bits per heavy atom. The number of methoxy groups -OCH3 is 1. The smallest absolute Gasteiger partial charge is 0.395 e. The molecule has 0 spiro atoms. The minimum atomic E-state index is -2.63. The summed E-state index contributed by atoms with van der Waals surface area (Å²) in [6, 6.07) is 5.65. The lowest BCUT2D eigenvalue weighted by Crippen LogP contribution is -2.41. The fourth-order valence-electron chi connectivity index (χ4n) is 5.03. The maximum absolute atomic E-state index is 16.0. The van der Waals surface area contributed by atoms with E-state index in [0.29, 0.717) is 23.0 Å². The highest BCUT2D eigenvalue weighted by molar-refractivity contribution is 7.34. The number of halogens is 1. The molecule has 41 heavy (non-hydrogen) atoms. The number of para-hydroxylation sites is 2. The number of carbonyl (C=O) groups is 1. The SMILES string of the molecule is COC(=O)C(C)N=[P+]([O-])Oc1ccccc1OC[C@H]1OC(n2cnc3c(NC4CCCC4)ncnc32)[C@](C)(F)[C@@H]1O. The summed E-state index contributed by atoms with van der Waals surface area (Å²) in [6.07, 6.45) is 3.33. The molecule has 0 amide bonds. The third-order valence-corrected chi connectivity index (χ3v) is 8.15. The molecule has 1 saturated heterocycles. The number of benzene rings is 1. The standard InChI is InChI=1S/C26H32FN6O7P/c1-15(24(35)37-3)32-41(36)40-18-11-7-6-10-17(18)38-12-19-21(34)26(2,27)25(39-19)33-14-30-20-22(28-13-29-23(20)33)31-16-8-4-5-9-16/h6-7,10-11,13-16,19,21,25,34H,4-5,8-9,12H2,1-3H3,(H,28,29,31)/t15?,19-,21-,25?,26-/m1/s1. The fraction of sp³-hybridized carbons (Fsp3) is 0.538. The number of aromatic nitrogens is 4. The second-order valence-corrected chi connectivity index (χ2v) is 11.1. The Bertz CT molecular complexity index is 1420. The molecule has 15 heteroatoms. The van der Waals surface area contributed by atoms with E-state index < -0.39 is 44.3 Å². The molecule has 0 bridgehead atoms. The number of alkyl halides is 1. The van der Waals surface area contributed by atoms with E-state index in [2.05, 4.69) is 29.8 Å². The molecule has 5 rings (SSSR count). The summed E-state index contributed by atoms with van der Waals surface area (Å²) < 4.78 is 42.9. The van der Waals surface area contributed by atoms with Gasteiger partial charge in [0.15, 0.2) is 40.7 Å². The minimum Gasteiger partial charge on any atom is -0.575 e. The average molecular weight is 591 g/mol. The van der Waals surface area contributed by atoms with Gasteiger partial charge in [-0.15, -0.1) is 0 Å². The number of hydrogen-bond acceptors (Lipinski definition) is 12. The summed E-state index contributed by atoms with van der Waals surface area (Å²) in [5, 5.41) is 14.3. The van der Waals surface area contributed by atoms with Crippen molar-refractivity contribution in [3.05, 3.63) is 36.9 Å². The molecule has 2 aromatic heterocycles. The zero-order valence-corrected chi connectivity index (χ0v) is 23.7. The molecular formula is C26H32FN6O7P. The Morgan fingerprint density at radius 3 is 2.78 bits per heavy atom. The summed E-state index contributed by atoms with van der Waals surface area (Å²) in [7, 11) is -1.43. The van der Waals surface area contributed by atoms with Gasteiger partial charge in [-0.2, -0.15) is 0 Å². The van der Waals surface area contributed by atoms with Crippen molar-refractivity contribution in [1.29, 1.82) is 0 Å². The van der Waals surface area contributed by atoms with Gasteiger partial charge in [-0.1, -0.05) is 29.7 Å². The molecule has 220 valence electrons. The Balaban J connectivity index is 1.30. The van der Waals surface area contributed by atoms with Crippen LogP contribution in [-0.2, 0) is 14.3 Å². The van der Waals surface area contributed by atoms with E-state index in [1.54, 1.807) is 18.2 Å². The van der Waals surface area contributed by atoms with Crippen LogP contribution in [0.3, 0.4) is 0 Å². The van der Waals surface area contributed by atoms with Crippen LogP contribution in [0.4, 0.5) is 10.2 Å². The number of ether oxygens (including phenoxy) is 3. The van der Waals surface area contributed by atoms with E-state index in [1.807, 2.05) is 0 Å². The van der Waals surface area contributed by atoms with Gasteiger partial charge in [-0.25, -0.2) is 24.1 Å². The van der Waals surface area contributed by atoms with Gasteiger partial charge >= 0.3 is 14.1 Å². The van der Waals surface area contributed by atoms with Crippen molar-refractivity contribution in [3.63, 3.8) is 0 Å². The average Bonchev–Trinajstić information content (AvgIpc) is 3.67. The van der Waals surface area contributed by atoms with E-state index in [0.717, 1.165) is 25.7 Å². The van der Waals surface area contributed by atoms with Crippen molar-refractivity contribution in [2.24, 2.45) is 4.74 Å². The molecule has 2 fully saturated rings. The van der Waals surface area contributed by atoms with Crippen molar-refractivity contribution < 1.29 is 37.9 Å². The highest BCUT2D eigenvalue weighted by Crippen LogP contribution is 2.43. The van der Waals surface area contributed by atoms with Crippen LogP contribution >= 0.6 is 8.17 Å². The molecule has 3 heterocycles. The van der Waals surface area contributed by atoms with Crippen LogP contribution in [0.2, 0.25) is 0 Å². The van der Waals surface area contributed by atoms with E-state index >= 15 is 4.39 Å². The maximum atomic E-state index is 16.0. The molecule has 1 aliphatic carbocycles. The normalized spacial score (nSPS) is 25.8. The van der Waals surface area contributed by atoms with Gasteiger partial charge in [0.1, 0.15) is 25.1 Å². The highest BCUT2D eigenvalue weighted by Gasteiger charge is 2.55. The number of nitrogens with one attached hydrogen (secondary N) is 1.